The van der Waals surface area contributed by atoms with Gasteiger partial charge in [-0.05, 0) is 161 Å². The number of para-hydroxylation sites is 1. The van der Waals surface area contributed by atoms with Crippen LogP contribution < -0.4 is 25.0 Å². The van der Waals surface area contributed by atoms with Crippen molar-refractivity contribution in [3.05, 3.63) is 125 Å². The van der Waals surface area contributed by atoms with Gasteiger partial charge in [0, 0.05) is 55.8 Å². The fraction of sp³-hybridized carbons (Fsp3) is 0.404. The summed E-state index contributed by atoms with van der Waals surface area (Å²) in [6.45, 7) is 6.17. The number of piperidine rings is 2. The number of benzene rings is 4. The Hall–Kier alpha value is -6.88. The Morgan fingerprint density at radius 2 is 1.66 bits per heavy atom. The van der Waals surface area contributed by atoms with Crippen molar-refractivity contribution < 1.29 is 34.1 Å². The van der Waals surface area contributed by atoms with E-state index in [4.69, 9.17) is 19.6 Å². The fourth-order valence-electron chi connectivity index (χ4n) is 11.5. The molecule has 16 heteroatoms. The van der Waals surface area contributed by atoms with Gasteiger partial charge in [0.05, 0.1) is 33.4 Å². The number of aliphatic hydroxyl groups is 1. The van der Waals surface area contributed by atoms with Gasteiger partial charge in [-0.15, -0.1) is 0 Å². The maximum absolute atomic E-state index is 13.7. The van der Waals surface area contributed by atoms with Crippen LogP contribution in [-0.4, -0.2) is 97.3 Å². The number of amides is 2. The fourth-order valence-corrected chi connectivity index (χ4v) is 12.4. The van der Waals surface area contributed by atoms with Crippen LogP contribution in [0.5, 0.6) is 11.5 Å². The number of nitrogens with one attached hydrogen (secondary N) is 2. The number of anilines is 2. The largest absolute Gasteiger partial charge is 0.490 e. The van der Waals surface area contributed by atoms with Crippen LogP contribution in [0.3, 0.4) is 0 Å². The number of aromatic nitrogens is 4. The first kappa shape index (κ1) is 48.4. The number of carboxylic acids is 1. The van der Waals surface area contributed by atoms with E-state index in [0.717, 1.165) is 119 Å². The average Bonchev–Trinajstić information content (AvgIpc) is 3.96. The molecule has 4 N–H and O–H groups in total. The highest BCUT2D eigenvalue weighted by Crippen LogP contribution is 2.38. The second-order valence-electron chi connectivity index (χ2n) is 20.3. The number of hydrogen-bond donors (Lipinski definition) is 4. The van der Waals surface area contributed by atoms with E-state index in [2.05, 4.69) is 20.5 Å². The zero-order valence-corrected chi connectivity index (χ0v) is 42.2. The number of aliphatic hydroxyl groups excluding tert-OH is 1. The van der Waals surface area contributed by atoms with Crippen molar-refractivity contribution in [2.24, 2.45) is 13.0 Å². The van der Waals surface area contributed by atoms with Gasteiger partial charge in [0.25, 0.3) is 5.91 Å². The molecule has 6 heterocycles. The Balaban J connectivity index is 0.650. The van der Waals surface area contributed by atoms with Gasteiger partial charge in [0.15, 0.2) is 10.8 Å². The second kappa shape index (κ2) is 20.9. The maximum atomic E-state index is 13.7. The molecule has 0 radical (unpaired) electrons. The molecular formula is C57H62N8O7S. The summed E-state index contributed by atoms with van der Waals surface area (Å²) >= 11 is 1.44. The first-order chi connectivity index (χ1) is 35.5. The zero-order chi connectivity index (χ0) is 50.2. The molecule has 1 aliphatic carbocycles. The van der Waals surface area contributed by atoms with Crippen LogP contribution in [0.2, 0.25) is 0 Å². The summed E-state index contributed by atoms with van der Waals surface area (Å²) in [6.07, 6.45) is 9.82. The highest BCUT2D eigenvalue weighted by molar-refractivity contribution is 7.22. The number of aryl methyl sites for hydroxylation is 1. The second-order valence-corrected chi connectivity index (χ2v) is 21.3. The topological polar surface area (TPSA) is 184 Å². The molecule has 3 fully saturated rings. The molecule has 2 atom stereocenters. The van der Waals surface area contributed by atoms with Crippen molar-refractivity contribution in [1.29, 1.82) is 0 Å². The number of ether oxygens (including phenoxy) is 2. The lowest BCUT2D eigenvalue weighted by Crippen LogP contribution is -2.42. The summed E-state index contributed by atoms with van der Waals surface area (Å²) in [4.78, 5) is 53.2. The average molecular weight is 1000 g/mol. The van der Waals surface area contributed by atoms with Crippen LogP contribution in [0.4, 0.5) is 10.9 Å². The van der Waals surface area contributed by atoms with Gasteiger partial charge in [-0.2, -0.15) is 5.10 Å². The standard InChI is InChI=1S/C57H62N8O7S/c1-34-40(41-21-23-50(59-53(41)56(69)70)65-31-25-36-9-5-11-42(45(36)33-65)54(67)61-57-58-46-12-3-4-14-49(46)73-57)10-6-13-48(34)72-37-17-15-35(16-18-37)8-7-28-64-29-26-38(27-30-64)71-39-19-20-43-47(32-39)63(2)62-52(43)44-22-24-51(66)60-55(44)68/h3-6,9-14,19-21,23,32,35,37-38,44,51,66H,7-8,15-18,22,24-31,33H2,1-2H3,(H,60,68)(H,69,70)(H,58,61,67)/t35-,37-,44?,51?. The Kier molecular flexibility index (Phi) is 13.9. The Bertz CT molecular complexity index is 3160. The molecule has 0 bridgehead atoms. The summed E-state index contributed by atoms with van der Waals surface area (Å²) in [5.74, 6) is 0.949. The molecule has 1 saturated carbocycles. The normalized spacial score (nSPS) is 20.7. The molecule has 2 amide bonds. The highest BCUT2D eigenvalue weighted by Gasteiger charge is 2.33. The minimum atomic E-state index is -1.10. The predicted octanol–water partition coefficient (Wildman–Crippen LogP) is 9.64. The van der Waals surface area contributed by atoms with Crippen LogP contribution in [0.25, 0.3) is 32.2 Å². The summed E-state index contributed by atoms with van der Waals surface area (Å²) in [7, 11) is 1.90. The molecule has 2 saturated heterocycles. The number of carbonyl (C=O) groups is 3. The molecule has 2 unspecified atom stereocenters. The Labute approximate surface area is 428 Å². The first-order valence-corrected chi connectivity index (χ1v) is 26.7. The molecule has 15 nitrogen and oxygen atoms in total. The van der Waals surface area contributed by atoms with E-state index in [1.54, 1.807) is 0 Å². The number of rotatable bonds is 14. The van der Waals surface area contributed by atoms with Crippen molar-refractivity contribution in [1.82, 2.24) is 30.0 Å². The number of fused-ring (bicyclic) bond motifs is 3. The van der Waals surface area contributed by atoms with E-state index in [1.807, 2.05) is 115 Å². The molecule has 3 aromatic heterocycles. The van der Waals surface area contributed by atoms with E-state index in [0.29, 0.717) is 60.3 Å². The maximum Gasteiger partial charge on any atom is 0.355 e. The molecule has 73 heavy (non-hydrogen) atoms. The van der Waals surface area contributed by atoms with Crippen LogP contribution >= 0.6 is 11.3 Å². The minimum absolute atomic E-state index is 0.0194. The third kappa shape index (κ3) is 10.4. The van der Waals surface area contributed by atoms with Crippen molar-refractivity contribution in [2.45, 2.75) is 108 Å². The van der Waals surface area contributed by atoms with Crippen molar-refractivity contribution in [3.63, 3.8) is 0 Å². The number of carboxylic acid groups (broad SMARTS) is 1. The lowest BCUT2D eigenvalue weighted by atomic mass is 9.84. The molecule has 4 aliphatic rings. The number of aromatic carboxylic acids is 1. The van der Waals surface area contributed by atoms with Crippen LogP contribution in [-0.2, 0) is 24.8 Å². The molecule has 3 aliphatic heterocycles. The van der Waals surface area contributed by atoms with Crippen molar-refractivity contribution in [3.8, 4) is 22.6 Å². The quantitative estimate of drug-likeness (QED) is 0.0811. The molecule has 0 spiro atoms. The Morgan fingerprint density at radius 3 is 2.47 bits per heavy atom. The lowest BCUT2D eigenvalue weighted by Gasteiger charge is -2.33. The highest BCUT2D eigenvalue weighted by atomic mass is 32.1. The number of likely N-dealkylation sites (tertiary alicyclic amines) is 1. The van der Waals surface area contributed by atoms with E-state index in [-0.39, 0.29) is 35.6 Å². The lowest BCUT2D eigenvalue weighted by molar-refractivity contribution is -0.128. The molecule has 7 aromatic rings. The number of nitrogens with zero attached hydrogens (tertiary/aromatic N) is 6. The number of thiazole rings is 1. The van der Waals surface area contributed by atoms with Gasteiger partial charge < -0.3 is 34.8 Å². The summed E-state index contributed by atoms with van der Waals surface area (Å²) < 4.78 is 16.0. The smallest absolute Gasteiger partial charge is 0.355 e. The minimum Gasteiger partial charge on any atom is -0.490 e. The SMILES string of the molecule is Cc1c(O[C@H]2CC[C@H](CCCN3CCC(Oc4ccc5c(C6CCC(O)NC6=O)nn(C)c5c4)CC3)CC2)cccc1-c1ccc(N2CCc3cccc(C(=O)Nc4nc5ccccc5s4)c3C2)nc1C(=O)O. The summed E-state index contributed by atoms with van der Waals surface area (Å²) in [5.41, 5.74) is 7.28. The Morgan fingerprint density at radius 1 is 0.849 bits per heavy atom. The van der Waals surface area contributed by atoms with Gasteiger partial charge in [-0.1, -0.05) is 47.7 Å². The summed E-state index contributed by atoms with van der Waals surface area (Å²) in [5, 5.41) is 32.2. The van der Waals surface area contributed by atoms with Gasteiger partial charge in [-0.3, -0.25) is 19.6 Å². The van der Waals surface area contributed by atoms with Crippen LogP contribution in [0.1, 0.15) is 113 Å². The summed E-state index contributed by atoms with van der Waals surface area (Å²) in [6, 6.07) is 29.2. The van der Waals surface area contributed by atoms with E-state index < -0.39 is 12.2 Å². The molecule has 378 valence electrons. The van der Waals surface area contributed by atoms with Crippen molar-refractivity contribution in [2.75, 3.05) is 36.4 Å². The van der Waals surface area contributed by atoms with Gasteiger partial charge in [-0.25, -0.2) is 14.8 Å². The van der Waals surface area contributed by atoms with E-state index in [1.165, 1.54) is 24.2 Å². The first-order valence-electron chi connectivity index (χ1n) is 25.9. The number of pyridine rings is 1. The van der Waals surface area contributed by atoms with Crippen LogP contribution in [0, 0.1) is 12.8 Å². The number of hydrogen-bond acceptors (Lipinski definition) is 12. The van der Waals surface area contributed by atoms with E-state index in [9.17, 15) is 24.6 Å². The predicted molar refractivity (Wildman–Crippen MR) is 283 cm³/mol. The van der Waals surface area contributed by atoms with Crippen molar-refractivity contribution >= 4 is 61.2 Å². The monoisotopic (exact) mass is 1000 g/mol. The van der Waals surface area contributed by atoms with Gasteiger partial charge in [0.1, 0.15) is 29.6 Å². The number of carbonyl (C=O) groups excluding carboxylic acids is 2. The molecule has 4 aromatic carbocycles. The van der Waals surface area contributed by atoms with E-state index >= 15 is 0 Å². The molecule has 11 rings (SSSR count). The van der Waals surface area contributed by atoms with Gasteiger partial charge >= 0.3 is 5.97 Å². The molecular weight excluding hydrogens is 941 g/mol. The van der Waals surface area contributed by atoms with Gasteiger partial charge in [0.2, 0.25) is 5.91 Å². The zero-order valence-electron chi connectivity index (χ0n) is 41.4. The third-order valence-corrected chi connectivity index (χ3v) is 16.5. The third-order valence-electron chi connectivity index (χ3n) is 15.6. The van der Waals surface area contributed by atoms with Crippen LogP contribution in [0.15, 0.2) is 91.0 Å².